The van der Waals surface area contributed by atoms with Gasteiger partial charge >= 0.3 is 0 Å². The maximum Gasteiger partial charge on any atom is 0.242 e. The zero-order chi connectivity index (χ0) is 16.0. The second-order valence-corrected chi connectivity index (χ2v) is 6.54. The van der Waals surface area contributed by atoms with Crippen LogP contribution in [0.2, 0.25) is 0 Å². The summed E-state index contributed by atoms with van der Waals surface area (Å²) in [5, 5.41) is 0. The van der Waals surface area contributed by atoms with Crippen molar-refractivity contribution < 1.29 is 4.79 Å². The predicted molar refractivity (Wildman–Crippen MR) is 97.9 cm³/mol. The van der Waals surface area contributed by atoms with Crippen LogP contribution >= 0.6 is 12.4 Å². The van der Waals surface area contributed by atoms with Gasteiger partial charge < -0.3 is 10.6 Å². The van der Waals surface area contributed by atoms with Gasteiger partial charge in [-0.1, -0.05) is 43.7 Å². The average Bonchev–Trinajstić information content (AvgIpc) is 2.54. The first-order chi connectivity index (χ1) is 10.5. The molecular weight excluding hydrogens is 310 g/mol. The normalized spacial score (nSPS) is 18.1. The lowest BCUT2D eigenvalue weighted by Gasteiger charge is -2.38. The Labute approximate surface area is 146 Å². The molecule has 1 unspecified atom stereocenters. The van der Waals surface area contributed by atoms with E-state index in [-0.39, 0.29) is 18.3 Å². The summed E-state index contributed by atoms with van der Waals surface area (Å²) in [5.74, 6) is 0.108. The minimum atomic E-state index is -0.707. The molecule has 5 heteroatoms. The molecule has 1 atom stereocenters. The van der Waals surface area contributed by atoms with Crippen molar-refractivity contribution in [3.63, 3.8) is 0 Å². The van der Waals surface area contributed by atoms with Crippen molar-refractivity contribution >= 4 is 18.3 Å². The van der Waals surface area contributed by atoms with Crippen molar-refractivity contribution in [2.24, 2.45) is 5.73 Å². The third-order valence-corrected chi connectivity index (χ3v) is 4.48. The van der Waals surface area contributed by atoms with Crippen LogP contribution in [0.4, 0.5) is 0 Å². The largest absolute Gasteiger partial charge is 0.339 e. The molecular formula is C18H30ClN3O. The summed E-state index contributed by atoms with van der Waals surface area (Å²) < 4.78 is 0. The molecule has 1 aromatic carbocycles. The summed E-state index contributed by atoms with van der Waals surface area (Å²) in [6.07, 6.45) is 2.76. The Kier molecular flexibility index (Phi) is 8.03. The molecule has 0 aromatic heterocycles. The molecule has 1 aliphatic rings. The van der Waals surface area contributed by atoms with Gasteiger partial charge in [-0.05, 0) is 25.3 Å². The topological polar surface area (TPSA) is 49.6 Å². The van der Waals surface area contributed by atoms with Gasteiger partial charge in [-0.15, -0.1) is 12.4 Å². The first-order valence-electron chi connectivity index (χ1n) is 8.37. The Morgan fingerprint density at radius 1 is 1.17 bits per heavy atom. The Bertz CT molecular complexity index is 470. The number of benzene rings is 1. The molecule has 1 amide bonds. The van der Waals surface area contributed by atoms with E-state index in [1.165, 1.54) is 5.56 Å². The molecule has 23 heavy (non-hydrogen) atoms. The van der Waals surface area contributed by atoms with E-state index >= 15 is 0 Å². The van der Waals surface area contributed by atoms with Gasteiger partial charge in [-0.2, -0.15) is 0 Å². The first kappa shape index (κ1) is 19.9. The minimum Gasteiger partial charge on any atom is -0.339 e. The molecule has 130 valence electrons. The van der Waals surface area contributed by atoms with Crippen molar-refractivity contribution in [1.82, 2.24) is 9.80 Å². The first-order valence-corrected chi connectivity index (χ1v) is 8.37. The molecule has 2 rings (SSSR count). The summed E-state index contributed by atoms with van der Waals surface area (Å²) in [7, 11) is 0. The van der Waals surface area contributed by atoms with Crippen molar-refractivity contribution in [1.29, 1.82) is 0 Å². The smallest absolute Gasteiger partial charge is 0.242 e. The molecule has 1 fully saturated rings. The van der Waals surface area contributed by atoms with E-state index in [4.69, 9.17) is 5.73 Å². The number of carbonyl (C=O) groups excluding carboxylic acids is 1. The fraction of sp³-hybridized carbons (Fsp3) is 0.611. The summed E-state index contributed by atoms with van der Waals surface area (Å²) >= 11 is 0. The number of hydrogen-bond donors (Lipinski definition) is 1. The molecule has 0 aliphatic carbocycles. The second kappa shape index (κ2) is 9.26. The molecule has 0 bridgehead atoms. The number of halogens is 1. The number of nitrogens with zero attached hydrogens (tertiary/aromatic N) is 2. The van der Waals surface area contributed by atoms with Crippen molar-refractivity contribution in [3.8, 4) is 0 Å². The average molecular weight is 340 g/mol. The summed E-state index contributed by atoms with van der Waals surface area (Å²) in [6, 6.07) is 10.6. The molecule has 2 N–H and O–H groups in total. The van der Waals surface area contributed by atoms with E-state index in [2.05, 4.69) is 36.1 Å². The lowest BCUT2D eigenvalue weighted by Crippen LogP contribution is -2.58. The molecule has 1 heterocycles. The van der Waals surface area contributed by atoms with Gasteiger partial charge in [0, 0.05) is 32.7 Å². The van der Waals surface area contributed by atoms with Crippen molar-refractivity contribution in [3.05, 3.63) is 35.9 Å². The van der Waals surface area contributed by atoms with E-state index in [0.29, 0.717) is 0 Å². The maximum absolute atomic E-state index is 12.5. The van der Waals surface area contributed by atoms with Gasteiger partial charge in [0.2, 0.25) is 5.91 Å². The highest BCUT2D eigenvalue weighted by Gasteiger charge is 2.33. The van der Waals surface area contributed by atoms with E-state index < -0.39 is 5.54 Å². The van der Waals surface area contributed by atoms with Crippen LogP contribution in [-0.4, -0.2) is 54.0 Å². The predicted octanol–water partition coefficient (Wildman–Crippen LogP) is 2.31. The van der Waals surface area contributed by atoms with Crippen LogP contribution in [0.1, 0.15) is 32.3 Å². The lowest BCUT2D eigenvalue weighted by molar-refractivity contribution is -0.138. The van der Waals surface area contributed by atoms with E-state index in [0.717, 1.165) is 52.0 Å². The van der Waals surface area contributed by atoms with Gasteiger partial charge in [-0.3, -0.25) is 9.69 Å². The molecule has 0 saturated carbocycles. The van der Waals surface area contributed by atoms with Gasteiger partial charge in [0.1, 0.15) is 0 Å². The quantitative estimate of drug-likeness (QED) is 0.865. The molecule has 1 saturated heterocycles. The van der Waals surface area contributed by atoms with Crippen molar-refractivity contribution in [2.45, 2.75) is 38.6 Å². The van der Waals surface area contributed by atoms with E-state index in [1.807, 2.05) is 17.9 Å². The van der Waals surface area contributed by atoms with E-state index in [1.54, 1.807) is 0 Å². The van der Waals surface area contributed by atoms with Crippen LogP contribution < -0.4 is 5.73 Å². The van der Waals surface area contributed by atoms with Crippen LogP contribution in [0.5, 0.6) is 0 Å². The molecule has 0 spiro atoms. The fourth-order valence-corrected chi connectivity index (χ4v) is 3.09. The van der Waals surface area contributed by atoms with Gasteiger partial charge in [0.25, 0.3) is 0 Å². The van der Waals surface area contributed by atoms with Crippen LogP contribution in [0.25, 0.3) is 0 Å². The Morgan fingerprint density at radius 2 is 1.78 bits per heavy atom. The number of hydrogen-bond acceptors (Lipinski definition) is 3. The van der Waals surface area contributed by atoms with Gasteiger partial charge in [-0.25, -0.2) is 0 Å². The number of piperazine rings is 1. The summed E-state index contributed by atoms with van der Waals surface area (Å²) in [5.41, 5.74) is 6.83. The van der Waals surface area contributed by atoms with Gasteiger partial charge in [0.15, 0.2) is 0 Å². The molecule has 1 aliphatic heterocycles. The highest BCUT2D eigenvalue weighted by Crippen LogP contribution is 2.15. The van der Waals surface area contributed by atoms with Crippen LogP contribution in [-0.2, 0) is 11.2 Å². The van der Waals surface area contributed by atoms with Gasteiger partial charge in [0.05, 0.1) is 5.54 Å². The highest BCUT2D eigenvalue weighted by atomic mass is 35.5. The monoisotopic (exact) mass is 339 g/mol. The summed E-state index contributed by atoms with van der Waals surface area (Å²) in [4.78, 5) is 16.9. The second-order valence-electron chi connectivity index (χ2n) is 6.54. The number of amides is 1. The van der Waals surface area contributed by atoms with Crippen LogP contribution in [0.15, 0.2) is 30.3 Å². The SMILES string of the molecule is CCCC(C)(N)C(=O)N1CCN(CCc2ccccc2)CC1.Cl. The zero-order valence-electron chi connectivity index (χ0n) is 14.3. The molecule has 0 radical (unpaired) electrons. The number of nitrogens with two attached hydrogens (primary N) is 1. The van der Waals surface area contributed by atoms with Crippen LogP contribution in [0.3, 0.4) is 0 Å². The third-order valence-electron chi connectivity index (χ3n) is 4.48. The van der Waals surface area contributed by atoms with Crippen LogP contribution in [0, 0.1) is 0 Å². The highest BCUT2D eigenvalue weighted by molar-refractivity contribution is 5.86. The Hall–Kier alpha value is -1.10. The Balaban J connectivity index is 0.00000264. The third kappa shape index (κ3) is 5.79. The minimum absolute atomic E-state index is 0. The van der Waals surface area contributed by atoms with E-state index in [9.17, 15) is 4.79 Å². The lowest BCUT2D eigenvalue weighted by atomic mass is 9.95. The molecule has 4 nitrogen and oxygen atoms in total. The zero-order valence-corrected chi connectivity index (χ0v) is 15.1. The van der Waals surface area contributed by atoms with Crippen molar-refractivity contribution in [2.75, 3.05) is 32.7 Å². The summed E-state index contributed by atoms with van der Waals surface area (Å²) in [6.45, 7) is 8.47. The maximum atomic E-state index is 12.5. The molecule has 1 aromatic rings. The fourth-order valence-electron chi connectivity index (χ4n) is 3.09. The number of carbonyl (C=O) groups is 1. The standard InChI is InChI=1S/C18H29N3O.ClH/c1-3-10-18(2,19)17(22)21-14-12-20(13-15-21)11-9-16-7-5-4-6-8-16;/h4-8H,3,9-15,19H2,1-2H3;1H. The number of rotatable bonds is 6. The Morgan fingerprint density at radius 3 is 2.35 bits per heavy atom.